The van der Waals surface area contributed by atoms with Crippen molar-refractivity contribution in [3.63, 3.8) is 0 Å². The molecule has 33 heavy (non-hydrogen) atoms. The van der Waals surface area contributed by atoms with Crippen LogP contribution in [-0.2, 0) is 9.59 Å². The van der Waals surface area contributed by atoms with E-state index in [1.165, 1.54) is 19.3 Å². The zero-order valence-corrected chi connectivity index (χ0v) is 22.3. The van der Waals surface area contributed by atoms with Gasteiger partial charge in [-0.25, -0.2) is 0 Å². The van der Waals surface area contributed by atoms with Gasteiger partial charge in [0, 0.05) is 24.2 Å². The molecule has 0 amide bonds. The normalized spacial score (nSPS) is 39.1. The maximum absolute atomic E-state index is 13.2. The Morgan fingerprint density at radius 1 is 1.06 bits per heavy atom. The van der Waals surface area contributed by atoms with Gasteiger partial charge in [0.2, 0.25) is 0 Å². The van der Waals surface area contributed by atoms with Gasteiger partial charge in [0.1, 0.15) is 11.6 Å². The van der Waals surface area contributed by atoms with Gasteiger partial charge in [0.15, 0.2) is 0 Å². The van der Waals surface area contributed by atoms with Gasteiger partial charge in [-0.1, -0.05) is 61.0 Å². The number of hydrogen-bond donors (Lipinski definition) is 1. The molecular weight excluding hydrogens is 408 g/mol. The third-order valence-electron chi connectivity index (χ3n) is 10.7. The molecule has 1 N–H and O–H groups in total. The first-order valence-corrected chi connectivity index (χ1v) is 13.9. The van der Waals surface area contributed by atoms with Gasteiger partial charge in [-0.15, -0.1) is 0 Å². The van der Waals surface area contributed by atoms with Crippen LogP contribution in [0.4, 0.5) is 0 Å². The largest absolute Gasteiger partial charge is 0.389 e. The molecule has 3 aliphatic rings. The topological polar surface area (TPSA) is 54.4 Å². The predicted octanol–water partition coefficient (Wildman–Crippen LogP) is 7.16. The van der Waals surface area contributed by atoms with E-state index in [1.807, 2.05) is 0 Å². The molecule has 0 saturated heterocycles. The monoisotopic (exact) mass is 458 g/mol. The van der Waals surface area contributed by atoms with E-state index in [2.05, 4.69) is 48.1 Å². The maximum atomic E-state index is 13.2. The predicted molar refractivity (Wildman–Crippen MR) is 136 cm³/mol. The molecule has 3 heteroatoms. The van der Waals surface area contributed by atoms with Crippen molar-refractivity contribution in [3.8, 4) is 0 Å². The fraction of sp³-hybridized carbons (Fsp3) is 0.867. The highest BCUT2D eigenvalue weighted by molar-refractivity contribution is 5.87. The third-order valence-corrected chi connectivity index (χ3v) is 10.7. The Morgan fingerprint density at radius 2 is 1.76 bits per heavy atom. The van der Waals surface area contributed by atoms with E-state index in [1.54, 1.807) is 0 Å². The smallest absolute Gasteiger partial charge is 0.139 e. The van der Waals surface area contributed by atoms with Gasteiger partial charge in [-0.3, -0.25) is 9.59 Å². The molecule has 0 aromatic rings. The van der Waals surface area contributed by atoms with Gasteiger partial charge in [-0.05, 0) is 85.5 Å². The molecule has 3 fully saturated rings. The van der Waals surface area contributed by atoms with Crippen molar-refractivity contribution in [3.05, 3.63) is 12.2 Å². The molecule has 0 bridgehead atoms. The zero-order valence-electron chi connectivity index (χ0n) is 22.3. The molecule has 188 valence electrons. The van der Waals surface area contributed by atoms with Crippen molar-refractivity contribution < 1.29 is 14.7 Å². The minimum atomic E-state index is -0.422. The molecule has 3 nitrogen and oxygen atoms in total. The minimum absolute atomic E-state index is 0.00732. The summed E-state index contributed by atoms with van der Waals surface area (Å²) in [6.07, 6.45) is 9.62. The van der Waals surface area contributed by atoms with Gasteiger partial charge >= 0.3 is 0 Å². The summed E-state index contributed by atoms with van der Waals surface area (Å²) in [5.74, 6) is 3.48. The van der Waals surface area contributed by atoms with Gasteiger partial charge in [0.25, 0.3) is 0 Å². The second-order valence-electron chi connectivity index (χ2n) is 12.7. The molecule has 0 aromatic heterocycles. The average molecular weight is 459 g/mol. The molecule has 8 atom stereocenters. The van der Waals surface area contributed by atoms with E-state index in [9.17, 15) is 14.7 Å². The van der Waals surface area contributed by atoms with Crippen molar-refractivity contribution >= 4 is 11.6 Å². The number of fused-ring (bicyclic) bond motifs is 1. The SMILES string of the molecule is C=C1C2CCC(=O)C(CC[C@@]3(C)C(=O)CC[C@@H]3C(C)CC[C@H](CC)C(C)C)[C@@]2(C)CC[C@@H]1O. The van der Waals surface area contributed by atoms with E-state index in [0.717, 1.165) is 43.6 Å². The number of Topliss-reactive ketones (excluding diaryl/α,β-unsaturated/α-hetero) is 2. The first-order valence-electron chi connectivity index (χ1n) is 13.9. The highest BCUT2D eigenvalue weighted by atomic mass is 16.3. The van der Waals surface area contributed by atoms with Gasteiger partial charge in [-0.2, -0.15) is 0 Å². The molecule has 3 unspecified atom stereocenters. The molecular formula is C30H50O3. The number of hydrogen-bond acceptors (Lipinski definition) is 3. The lowest BCUT2D eigenvalue weighted by molar-refractivity contribution is -0.137. The van der Waals surface area contributed by atoms with Crippen LogP contribution in [-0.4, -0.2) is 22.8 Å². The second-order valence-corrected chi connectivity index (χ2v) is 12.7. The Balaban J connectivity index is 1.71. The average Bonchev–Trinajstić information content (AvgIpc) is 3.05. The van der Waals surface area contributed by atoms with Crippen LogP contribution in [0.3, 0.4) is 0 Å². The third kappa shape index (κ3) is 5.04. The first kappa shape index (κ1) is 26.6. The summed E-state index contributed by atoms with van der Waals surface area (Å²) in [5, 5.41) is 10.4. The molecule has 0 aromatic carbocycles. The summed E-state index contributed by atoms with van der Waals surface area (Å²) < 4.78 is 0. The Bertz CT molecular complexity index is 739. The number of carbonyl (C=O) groups excluding carboxylic acids is 2. The van der Waals surface area contributed by atoms with Crippen LogP contribution >= 0.6 is 0 Å². The summed E-state index contributed by atoms with van der Waals surface area (Å²) in [6.45, 7) is 18.0. The van der Waals surface area contributed by atoms with Crippen LogP contribution in [0.15, 0.2) is 12.2 Å². The number of carbonyl (C=O) groups is 2. The van der Waals surface area contributed by atoms with Gasteiger partial charge in [0.05, 0.1) is 6.10 Å². The molecule has 0 heterocycles. The molecule has 0 aliphatic heterocycles. The number of ketones is 2. The minimum Gasteiger partial charge on any atom is -0.389 e. The van der Waals surface area contributed by atoms with Crippen LogP contribution in [0.1, 0.15) is 112 Å². The van der Waals surface area contributed by atoms with Crippen molar-refractivity contribution in [1.29, 1.82) is 0 Å². The summed E-state index contributed by atoms with van der Waals surface area (Å²) in [4.78, 5) is 26.3. The zero-order chi connectivity index (χ0) is 24.6. The highest BCUT2D eigenvalue weighted by Crippen LogP contribution is 2.57. The molecule has 3 saturated carbocycles. The van der Waals surface area contributed by atoms with Crippen LogP contribution in [0, 0.1) is 46.3 Å². The van der Waals surface area contributed by atoms with Crippen molar-refractivity contribution in [2.24, 2.45) is 46.3 Å². The first-order chi connectivity index (χ1) is 15.5. The van der Waals surface area contributed by atoms with E-state index in [0.29, 0.717) is 48.6 Å². The van der Waals surface area contributed by atoms with E-state index < -0.39 is 6.10 Å². The standard InChI is InChI=1S/C30H50O3/c1-8-22(19(2)3)10-9-20(4)23-12-14-28(33)30(23,7)17-15-25-27(32)13-11-24-21(5)26(31)16-18-29(24,25)6/h19-20,22-26,31H,5,8-18H2,1-4,6-7H3/t20?,22-,23+,24?,25?,26-,29-,30+/m0/s1. The number of aliphatic hydroxyl groups excluding tert-OH is 1. The van der Waals surface area contributed by atoms with Crippen LogP contribution in [0.25, 0.3) is 0 Å². The van der Waals surface area contributed by atoms with E-state index >= 15 is 0 Å². The molecule has 3 aliphatic carbocycles. The lowest BCUT2D eigenvalue weighted by atomic mass is 9.52. The highest BCUT2D eigenvalue weighted by Gasteiger charge is 2.53. The fourth-order valence-electron chi connectivity index (χ4n) is 8.18. The molecule has 3 rings (SSSR count). The number of rotatable bonds is 9. The second kappa shape index (κ2) is 10.3. The van der Waals surface area contributed by atoms with Crippen LogP contribution < -0.4 is 0 Å². The Morgan fingerprint density at radius 3 is 2.39 bits per heavy atom. The van der Waals surface area contributed by atoms with Crippen LogP contribution in [0.5, 0.6) is 0 Å². The van der Waals surface area contributed by atoms with Crippen molar-refractivity contribution in [2.75, 3.05) is 0 Å². The lowest BCUT2D eigenvalue weighted by Gasteiger charge is -2.52. The van der Waals surface area contributed by atoms with Crippen molar-refractivity contribution in [2.45, 2.75) is 118 Å². The number of aliphatic hydroxyl groups is 1. The van der Waals surface area contributed by atoms with Crippen molar-refractivity contribution in [1.82, 2.24) is 0 Å². The van der Waals surface area contributed by atoms with Crippen LogP contribution in [0.2, 0.25) is 0 Å². The Kier molecular flexibility index (Phi) is 8.35. The quantitative estimate of drug-likeness (QED) is 0.373. The Hall–Kier alpha value is -0.960. The fourth-order valence-corrected chi connectivity index (χ4v) is 8.18. The summed E-state index contributed by atoms with van der Waals surface area (Å²) in [6, 6.07) is 0. The summed E-state index contributed by atoms with van der Waals surface area (Å²) in [5.41, 5.74) is 0.524. The van der Waals surface area contributed by atoms with E-state index in [4.69, 9.17) is 0 Å². The lowest BCUT2D eigenvalue weighted by Crippen LogP contribution is -2.49. The summed E-state index contributed by atoms with van der Waals surface area (Å²) in [7, 11) is 0. The van der Waals surface area contributed by atoms with E-state index in [-0.39, 0.29) is 22.7 Å². The molecule has 0 radical (unpaired) electrons. The summed E-state index contributed by atoms with van der Waals surface area (Å²) >= 11 is 0. The van der Waals surface area contributed by atoms with Gasteiger partial charge < -0.3 is 5.11 Å². The molecule has 0 spiro atoms. The Labute approximate surface area is 203 Å². The maximum Gasteiger partial charge on any atom is 0.139 e.